The molecular weight excluding hydrogens is 515 g/mol. The molecule has 7 heteroatoms. The van der Waals surface area contributed by atoms with E-state index in [1.54, 1.807) is 6.07 Å². The van der Waals surface area contributed by atoms with Gasteiger partial charge in [0.1, 0.15) is 5.82 Å². The number of nitrogens with zero attached hydrogens (tertiary/aromatic N) is 1. The van der Waals surface area contributed by atoms with E-state index < -0.39 is 6.04 Å². The number of rotatable bonds is 6. The summed E-state index contributed by atoms with van der Waals surface area (Å²) >= 11 is 0. The fraction of sp³-hybridized carbons (Fsp3) is 0.294. The van der Waals surface area contributed by atoms with Crippen molar-refractivity contribution in [1.82, 2.24) is 10.3 Å². The number of hydrogen-bond acceptors (Lipinski definition) is 4. The van der Waals surface area contributed by atoms with E-state index in [4.69, 9.17) is 0 Å². The maximum absolute atomic E-state index is 13.8. The number of anilines is 2. The van der Waals surface area contributed by atoms with Crippen molar-refractivity contribution in [2.75, 3.05) is 23.3 Å². The average Bonchev–Trinajstić information content (AvgIpc) is 3.26. The molecule has 1 unspecified atom stereocenters. The van der Waals surface area contributed by atoms with Crippen LogP contribution in [0.4, 0.5) is 15.8 Å². The molecule has 2 aliphatic rings. The first kappa shape index (κ1) is 26.8. The largest absolute Gasteiger partial charge is 0.361 e. The van der Waals surface area contributed by atoms with Crippen LogP contribution in [0.5, 0.6) is 0 Å². The average molecular weight is 551 g/mol. The first-order valence-electron chi connectivity index (χ1n) is 14.2. The number of nitrogens with one attached hydrogen (secondary N) is 3. The standard InChI is InChI=1S/C34H35FN4O2/c1-21-8-10-22(11-9-21)33-32-28(17-34(2,3)18-30(32)40)38-27-6-4-5-7-29(27)39(33)20-31(41)36-15-14-23-19-37-26-13-12-24(35)16-25(23)26/h4-13,16,19,33,37-38H,14-15,17-18,20H2,1-3H3,(H,36,41). The number of H-pyrrole nitrogens is 1. The molecule has 0 saturated heterocycles. The molecule has 0 radical (unpaired) electrons. The number of halogens is 1. The van der Waals surface area contributed by atoms with Gasteiger partial charge in [0.25, 0.3) is 0 Å². The van der Waals surface area contributed by atoms with Crippen molar-refractivity contribution in [3.63, 3.8) is 0 Å². The fourth-order valence-electron chi connectivity index (χ4n) is 6.23. The molecule has 3 aromatic carbocycles. The number of amides is 1. The summed E-state index contributed by atoms with van der Waals surface area (Å²) in [5.74, 6) is -0.318. The van der Waals surface area contributed by atoms with Crippen LogP contribution in [0, 0.1) is 18.2 Å². The van der Waals surface area contributed by atoms with Crippen molar-refractivity contribution in [1.29, 1.82) is 0 Å². The van der Waals surface area contributed by atoms with E-state index in [1.807, 2.05) is 37.4 Å². The number of carbonyl (C=O) groups excluding carboxylic acids is 2. The monoisotopic (exact) mass is 550 g/mol. The van der Waals surface area contributed by atoms with Crippen molar-refractivity contribution < 1.29 is 14.0 Å². The molecule has 210 valence electrons. The number of aromatic nitrogens is 1. The minimum Gasteiger partial charge on any atom is -0.361 e. The summed E-state index contributed by atoms with van der Waals surface area (Å²) in [5.41, 5.74) is 7.19. The van der Waals surface area contributed by atoms with Gasteiger partial charge in [-0.15, -0.1) is 0 Å². The zero-order valence-corrected chi connectivity index (χ0v) is 23.7. The Hall–Kier alpha value is -4.39. The van der Waals surface area contributed by atoms with Gasteiger partial charge < -0.3 is 20.5 Å². The lowest BCUT2D eigenvalue weighted by Crippen LogP contribution is -2.42. The van der Waals surface area contributed by atoms with Crippen LogP contribution >= 0.6 is 0 Å². The molecule has 1 atom stereocenters. The summed E-state index contributed by atoms with van der Waals surface area (Å²) in [6.07, 6.45) is 3.63. The second-order valence-electron chi connectivity index (χ2n) is 12.0. The minimum atomic E-state index is -0.410. The fourth-order valence-corrected chi connectivity index (χ4v) is 6.23. The molecule has 4 aromatic rings. The van der Waals surface area contributed by atoms with Crippen molar-refractivity contribution in [2.45, 2.75) is 46.1 Å². The van der Waals surface area contributed by atoms with E-state index in [-0.39, 0.29) is 29.5 Å². The topological polar surface area (TPSA) is 77.2 Å². The van der Waals surface area contributed by atoms with E-state index >= 15 is 0 Å². The molecule has 2 heterocycles. The number of benzene rings is 3. The quantitative estimate of drug-likeness (QED) is 0.253. The number of para-hydroxylation sites is 2. The summed E-state index contributed by atoms with van der Waals surface area (Å²) in [7, 11) is 0. The van der Waals surface area contributed by atoms with Gasteiger partial charge in [0.15, 0.2) is 5.78 Å². The number of fused-ring (bicyclic) bond motifs is 2. The summed E-state index contributed by atoms with van der Waals surface area (Å²) in [6, 6.07) is 20.4. The van der Waals surface area contributed by atoms with Crippen molar-refractivity contribution >= 4 is 34.0 Å². The van der Waals surface area contributed by atoms with Crippen molar-refractivity contribution in [3.8, 4) is 0 Å². The van der Waals surface area contributed by atoms with E-state index in [0.29, 0.717) is 19.4 Å². The molecule has 0 spiro atoms. The SMILES string of the molecule is Cc1ccc(C2C3=C(CC(C)(C)CC3=O)Nc3ccccc3N2CC(=O)NCCc2c[nH]c3ccc(F)cc23)cc1. The van der Waals surface area contributed by atoms with Gasteiger partial charge in [0.05, 0.1) is 24.0 Å². The highest BCUT2D eigenvalue weighted by Crippen LogP contribution is 2.48. The highest BCUT2D eigenvalue weighted by atomic mass is 19.1. The second-order valence-corrected chi connectivity index (χ2v) is 12.0. The number of Topliss-reactive ketones (excluding diaryl/α,β-unsaturated/α-hetero) is 1. The predicted octanol–water partition coefficient (Wildman–Crippen LogP) is 6.59. The first-order valence-corrected chi connectivity index (χ1v) is 14.2. The Labute approximate surface area is 239 Å². The number of aryl methyl sites for hydroxylation is 1. The molecule has 1 aliphatic carbocycles. The number of aromatic amines is 1. The zero-order chi connectivity index (χ0) is 28.7. The lowest BCUT2D eigenvalue weighted by molar-refractivity contribution is -0.120. The molecule has 1 aliphatic heterocycles. The predicted molar refractivity (Wildman–Crippen MR) is 161 cm³/mol. The van der Waals surface area contributed by atoms with E-state index in [9.17, 15) is 14.0 Å². The smallest absolute Gasteiger partial charge is 0.239 e. The van der Waals surface area contributed by atoms with E-state index in [2.05, 4.69) is 58.6 Å². The van der Waals surface area contributed by atoms with Crippen LogP contribution in [0.2, 0.25) is 0 Å². The van der Waals surface area contributed by atoms with Crippen LogP contribution in [0.25, 0.3) is 10.9 Å². The third kappa shape index (κ3) is 5.36. The molecule has 1 aromatic heterocycles. The third-order valence-electron chi connectivity index (χ3n) is 8.16. The zero-order valence-electron chi connectivity index (χ0n) is 23.7. The summed E-state index contributed by atoms with van der Waals surface area (Å²) < 4.78 is 13.8. The highest BCUT2D eigenvalue weighted by Gasteiger charge is 2.41. The Kier molecular flexibility index (Phi) is 6.89. The van der Waals surface area contributed by atoms with Gasteiger partial charge in [-0.25, -0.2) is 4.39 Å². The van der Waals surface area contributed by atoms with Crippen LogP contribution in [0.15, 0.2) is 84.2 Å². The molecule has 0 bridgehead atoms. The molecular formula is C34H35FN4O2. The summed E-state index contributed by atoms with van der Waals surface area (Å²) in [6.45, 7) is 6.78. The van der Waals surface area contributed by atoms with Gasteiger partial charge in [-0.1, -0.05) is 55.8 Å². The van der Waals surface area contributed by atoms with Crippen LogP contribution < -0.4 is 15.5 Å². The summed E-state index contributed by atoms with van der Waals surface area (Å²) in [4.78, 5) is 32.6. The molecule has 41 heavy (non-hydrogen) atoms. The molecule has 0 saturated carbocycles. The second kappa shape index (κ2) is 10.5. The van der Waals surface area contributed by atoms with Gasteiger partial charge in [0.2, 0.25) is 5.91 Å². The maximum atomic E-state index is 13.8. The van der Waals surface area contributed by atoms with Crippen LogP contribution in [-0.2, 0) is 16.0 Å². The van der Waals surface area contributed by atoms with Gasteiger partial charge in [-0.2, -0.15) is 0 Å². The van der Waals surface area contributed by atoms with Crippen LogP contribution in [0.3, 0.4) is 0 Å². The highest BCUT2D eigenvalue weighted by molar-refractivity contribution is 6.02. The number of ketones is 1. The Morgan fingerprint density at radius 3 is 2.66 bits per heavy atom. The maximum Gasteiger partial charge on any atom is 0.239 e. The van der Waals surface area contributed by atoms with Crippen LogP contribution in [-0.4, -0.2) is 29.8 Å². The lowest BCUT2D eigenvalue weighted by Gasteiger charge is -2.38. The number of carbonyl (C=O) groups is 2. The minimum absolute atomic E-state index is 0.0766. The molecule has 6 rings (SSSR count). The number of allylic oxidation sites excluding steroid dienone is 1. The van der Waals surface area contributed by atoms with Crippen LogP contribution in [0.1, 0.15) is 49.4 Å². The number of hydrogen-bond donors (Lipinski definition) is 3. The Balaban J connectivity index is 1.32. The first-order chi connectivity index (χ1) is 19.7. The normalized spacial score (nSPS) is 18.0. The Morgan fingerprint density at radius 1 is 1.07 bits per heavy atom. The Morgan fingerprint density at radius 2 is 1.85 bits per heavy atom. The van der Waals surface area contributed by atoms with Gasteiger partial charge in [-0.05, 0) is 66.6 Å². The third-order valence-corrected chi connectivity index (χ3v) is 8.16. The molecule has 1 amide bonds. The molecule has 3 N–H and O–H groups in total. The molecule has 6 nitrogen and oxygen atoms in total. The molecule has 0 fully saturated rings. The van der Waals surface area contributed by atoms with Crippen molar-refractivity contribution in [2.24, 2.45) is 5.41 Å². The lowest BCUT2D eigenvalue weighted by atomic mass is 9.73. The van der Waals surface area contributed by atoms with E-state index in [1.165, 1.54) is 12.1 Å². The van der Waals surface area contributed by atoms with Gasteiger partial charge >= 0.3 is 0 Å². The van der Waals surface area contributed by atoms with E-state index in [0.717, 1.165) is 56.7 Å². The Bertz CT molecular complexity index is 1670. The van der Waals surface area contributed by atoms with Gasteiger partial charge in [0, 0.05) is 41.3 Å². The van der Waals surface area contributed by atoms with Gasteiger partial charge in [-0.3, -0.25) is 9.59 Å². The summed E-state index contributed by atoms with van der Waals surface area (Å²) in [5, 5.41) is 7.49. The van der Waals surface area contributed by atoms with Crippen molar-refractivity contribution in [3.05, 3.63) is 107 Å².